The second kappa shape index (κ2) is 7.04. The van der Waals surface area contributed by atoms with Crippen molar-refractivity contribution in [3.05, 3.63) is 35.4 Å². The van der Waals surface area contributed by atoms with Gasteiger partial charge in [-0.25, -0.2) is 0 Å². The molecule has 0 aliphatic rings. The molecule has 0 aromatic heterocycles. The van der Waals surface area contributed by atoms with Crippen LogP contribution in [0.15, 0.2) is 24.3 Å². The lowest BCUT2D eigenvalue weighted by atomic mass is 10.0. The second-order valence-electron chi connectivity index (χ2n) is 4.22. The maximum absolute atomic E-state index is 10.7. The van der Waals surface area contributed by atoms with Crippen LogP contribution in [0.5, 0.6) is 0 Å². The van der Waals surface area contributed by atoms with E-state index in [1.807, 2.05) is 31.3 Å². The molecule has 0 saturated carbocycles. The van der Waals surface area contributed by atoms with Gasteiger partial charge >= 0.3 is 5.97 Å². The number of carboxylic acid groups (broad SMARTS) is 1. The molecule has 94 valence electrons. The maximum atomic E-state index is 10.7. The molecule has 0 spiro atoms. The van der Waals surface area contributed by atoms with Crippen LogP contribution in [-0.2, 0) is 17.8 Å². The van der Waals surface area contributed by atoms with E-state index in [9.17, 15) is 4.79 Å². The lowest BCUT2D eigenvalue weighted by molar-refractivity contribution is -0.136. The van der Waals surface area contributed by atoms with Crippen molar-refractivity contribution in [3.63, 3.8) is 0 Å². The van der Waals surface area contributed by atoms with E-state index in [0.717, 1.165) is 30.6 Å². The van der Waals surface area contributed by atoms with Gasteiger partial charge in [-0.1, -0.05) is 24.3 Å². The third-order valence-corrected chi connectivity index (χ3v) is 2.64. The zero-order chi connectivity index (χ0) is 12.7. The standard InChI is InChI=1S/C13H20N2O2/c1-15(8-4-7-14)10-12-6-3-2-5-11(12)9-13(16)17/h2-3,5-6H,4,7-10,14H2,1H3,(H,16,17). The third kappa shape index (κ3) is 4.97. The molecule has 3 N–H and O–H groups in total. The minimum absolute atomic E-state index is 0.0842. The average molecular weight is 236 g/mol. The van der Waals surface area contributed by atoms with Gasteiger partial charge in [0.05, 0.1) is 6.42 Å². The molecule has 0 aliphatic heterocycles. The second-order valence-corrected chi connectivity index (χ2v) is 4.22. The van der Waals surface area contributed by atoms with Crippen LogP contribution in [0.3, 0.4) is 0 Å². The number of aliphatic carboxylic acids is 1. The number of nitrogens with zero attached hydrogens (tertiary/aromatic N) is 1. The summed E-state index contributed by atoms with van der Waals surface area (Å²) >= 11 is 0. The van der Waals surface area contributed by atoms with Gasteiger partial charge in [0.15, 0.2) is 0 Å². The van der Waals surface area contributed by atoms with Crippen LogP contribution in [0.4, 0.5) is 0 Å². The molecular formula is C13H20N2O2. The van der Waals surface area contributed by atoms with Crippen LogP contribution < -0.4 is 5.73 Å². The van der Waals surface area contributed by atoms with Crippen molar-refractivity contribution in [1.29, 1.82) is 0 Å². The van der Waals surface area contributed by atoms with Crippen LogP contribution in [0, 0.1) is 0 Å². The molecule has 0 unspecified atom stereocenters. The van der Waals surface area contributed by atoms with E-state index in [1.54, 1.807) is 0 Å². The molecule has 0 fully saturated rings. The lowest BCUT2D eigenvalue weighted by Gasteiger charge is -2.18. The summed E-state index contributed by atoms with van der Waals surface area (Å²) in [6.45, 7) is 2.38. The Morgan fingerprint density at radius 1 is 1.35 bits per heavy atom. The van der Waals surface area contributed by atoms with Crippen LogP contribution >= 0.6 is 0 Å². The Labute approximate surface area is 102 Å². The van der Waals surface area contributed by atoms with Gasteiger partial charge in [0, 0.05) is 6.54 Å². The van der Waals surface area contributed by atoms with Crippen LogP contribution in [0.1, 0.15) is 17.5 Å². The summed E-state index contributed by atoms with van der Waals surface area (Å²) in [5, 5.41) is 8.84. The first-order valence-electron chi connectivity index (χ1n) is 5.80. The van der Waals surface area contributed by atoms with Gasteiger partial charge in [-0.05, 0) is 37.7 Å². The summed E-state index contributed by atoms with van der Waals surface area (Å²) in [6, 6.07) is 7.68. The van der Waals surface area contributed by atoms with E-state index in [-0.39, 0.29) is 6.42 Å². The van der Waals surface area contributed by atoms with Gasteiger partial charge in [0.1, 0.15) is 0 Å². The van der Waals surface area contributed by atoms with Crippen molar-refractivity contribution < 1.29 is 9.90 Å². The normalized spacial score (nSPS) is 10.8. The van der Waals surface area contributed by atoms with E-state index in [4.69, 9.17) is 10.8 Å². The van der Waals surface area contributed by atoms with Crippen molar-refractivity contribution in [2.24, 2.45) is 5.73 Å². The number of hydrogen-bond acceptors (Lipinski definition) is 3. The summed E-state index contributed by atoms with van der Waals surface area (Å²) in [5.74, 6) is -0.790. The fourth-order valence-electron chi connectivity index (χ4n) is 1.78. The fourth-order valence-corrected chi connectivity index (χ4v) is 1.78. The quantitative estimate of drug-likeness (QED) is 0.744. The number of nitrogens with two attached hydrogens (primary N) is 1. The Bertz CT molecular complexity index is 366. The van der Waals surface area contributed by atoms with Crippen LogP contribution in [0.2, 0.25) is 0 Å². The average Bonchev–Trinajstić information content (AvgIpc) is 2.28. The summed E-state index contributed by atoms with van der Waals surface area (Å²) in [4.78, 5) is 12.9. The van der Waals surface area contributed by atoms with Gasteiger partial charge in [-0.15, -0.1) is 0 Å². The minimum atomic E-state index is -0.790. The zero-order valence-electron chi connectivity index (χ0n) is 10.2. The van der Waals surface area contributed by atoms with Crippen molar-refractivity contribution in [2.45, 2.75) is 19.4 Å². The summed E-state index contributed by atoms with van der Waals surface area (Å²) in [7, 11) is 2.02. The molecule has 0 amide bonds. The predicted molar refractivity (Wildman–Crippen MR) is 67.8 cm³/mol. The van der Waals surface area contributed by atoms with Crippen molar-refractivity contribution in [3.8, 4) is 0 Å². The highest BCUT2D eigenvalue weighted by molar-refractivity contribution is 5.70. The molecule has 0 aliphatic carbocycles. The lowest BCUT2D eigenvalue weighted by Crippen LogP contribution is -2.22. The first-order chi connectivity index (χ1) is 8.13. The van der Waals surface area contributed by atoms with Gasteiger partial charge in [0.2, 0.25) is 0 Å². The van der Waals surface area contributed by atoms with Crippen molar-refractivity contribution in [1.82, 2.24) is 4.90 Å². The molecule has 4 nitrogen and oxygen atoms in total. The molecule has 1 rings (SSSR count). The summed E-state index contributed by atoms with van der Waals surface area (Å²) in [5.41, 5.74) is 7.43. The fraction of sp³-hybridized carbons (Fsp3) is 0.462. The highest BCUT2D eigenvalue weighted by Gasteiger charge is 2.07. The largest absolute Gasteiger partial charge is 0.481 e. The predicted octanol–water partition coefficient (Wildman–Crippen LogP) is 1.09. The van der Waals surface area contributed by atoms with Gasteiger partial charge < -0.3 is 15.7 Å². The summed E-state index contributed by atoms with van der Waals surface area (Å²) in [6.07, 6.45) is 1.04. The topological polar surface area (TPSA) is 66.6 Å². The Morgan fingerprint density at radius 2 is 2.00 bits per heavy atom. The van der Waals surface area contributed by atoms with E-state index >= 15 is 0 Å². The van der Waals surface area contributed by atoms with E-state index in [1.165, 1.54) is 0 Å². The number of carboxylic acids is 1. The Kier molecular flexibility index (Phi) is 5.66. The molecule has 1 aromatic rings. The molecule has 0 heterocycles. The highest BCUT2D eigenvalue weighted by Crippen LogP contribution is 2.12. The molecule has 17 heavy (non-hydrogen) atoms. The molecule has 0 atom stereocenters. The minimum Gasteiger partial charge on any atom is -0.481 e. The van der Waals surface area contributed by atoms with E-state index in [0.29, 0.717) is 6.54 Å². The van der Waals surface area contributed by atoms with E-state index < -0.39 is 5.97 Å². The summed E-state index contributed by atoms with van der Waals surface area (Å²) < 4.78 is 0. The molecule has 1 aromatic carbocycles. The molecule has 4 heteroatoms. The molecule has 0 bridgehead atoms. The molecular weight excluding hydrogens is 216 g/mol. The Balaban J connectivity index is 2.65. The van der Waals surface area contributed by atoms with Gasteiger partial charge in [-0.2, -0.15) is 0 Å². The van der Waals surface area contributed by atoms with E-state index in [2.05, 4.69) is 4.90 Å². The first kappa shape index (κ1) is 13.7. The first-order valence-corrected chi connectivity index (χ1v) is 5.80. The van der Waals surface area contributed by atoms with Crippen LogP contribution in [-0.4, -0.2) is 36.1 Å². The monoisotopic (exact) mass is 236 g/mol. The molecule has 0 radical (unpaired) electrons. The Morgan fingerprint density at radius 3 is 2.59 bits per heavy atom. The third-order valence-electron chi connectivity index (χ3n) is 2.64. The SMILES string of the molecule is CN(CCCN)Cc1ccccc1CC(=O)O. The van der Waals surface area contributed by atoms with Crippen LogP contribution in [0.25, 0.3) is 0 Å². The maximum Gasteiger partial charge on any atom is 0.307 e. The highest BCUT2D eigenvalue weighted by atomic mass is 16.4. The number of benzene rings is 1. The van der Waals surface area contributed by atoms with Crippen molar-refractivity contribution >= 4 is 5.97 Å². The van der Waals surface area contributed by atoms with Gasteiger partial charge in [0.25, 0.3) is 0 Å². The van der Waals surface area contributed by atoms with Crippen molar-refractivity contribution in [2.75, 3.05) is 20.1 Å². The zero-order valence-corrected chi connectivity index (χ0v) is 10.2. The smallest absolute Gasteiger partial charge is 0.307 e. The number of carbonyl (C=O) groups is 1. The Hall–Kier alpha value is -1.39. The molecule has 0 saturated heterocycles. The van der Waals surface area contributed by atoms with Gasteiger partial charge in [-0.3, -0.25) is 4.79 Å². The number of rotatable bonds is 7. The number of hydrogen-bond donors (Lipinski definition) is 2.